The summed E-state index contributed by atoms with van der Waals surface area (Å²) in [7, 11) is 1.39. The van der Waals surface area contributed by atoms with E-state index in [-0.39, 0.29) is 12.1 Å². The van der Waals surface area contributed by atoms with Gasteiger partial charge in [0.25, 0.3) is 0 Å². The molecule has 0 aromatic carbocycles. The van der Waals surface area contributed by atoms with E-state index in [1.807, 2.05) is 6.92 Å². The average Bonchev–Trinajstić information content (AvgIpc) is 2.34. The maximum atomic E-state index is 10.9. The van der Waals surface area contributed by atoms with Gasteiger partial charge >= 0.3 is 5.97 Å². The van der Waals surface area contributed by atoms with Crippen molar-refractivity contribution in [2.75, 3.05) is 13.7 Å². The van der Waals surface area contributed by atoms with Crippen LogP contribution >= 0.6 is 0 Å². The number of methoxy groups -OCH3 is 1. The van der Waals surface area contributed by atoms with E-state index < -0.39 is 0 Å². The van der Waals surface area contributed by atoms with Crippen LogP contribution in [0.4, 0.5) is 0 Å². The summed E-state index contributed by atoms with van der Waals surface area (Å²) in [5.41, 5.74) is 0. The molecular weight excluding hydrogens is 132 g/mol. The Balaban J connectivity index is 2.46. The summed E-state index contributed by atoms with van der Waals surface area (Å²) in [6.45, 7) is 2.68. The molecule has 1 heterocycles. The predicted octanol–water partition coefficient (Wildman–Crippen LogP) is 0.584. The molecule has 0 spiro atoms. The topological polar surface area (TPSA) is 35.5 Å². The molecular formula is C7H12O3. The summed E-state index contributed by atoms with van der Waals surface area (Å²) >= 11 is 0. The lowest BCUT2D eigenvalue weighted by Gasteiger charge is -2.10. The SMILES string of the molecule is COC(=O)[C@@H]1OCC[C@@H]1C. The molecule has 1 rings (SSSR count). The van der Waals surface area contributed by atoms with Gasteiger partial charge in [-0.25, -0.2) is 4.79 Å². The third kappa shape index (κ3) is 1.29. The van der Waals surface area contributed by atoms with Crippen molar-refractivity contribution in [1.82, 2.24) is 0 Å². The lowest BCUT2D eigenvalue weighted by Crippen LogP contribution is -2.26. The van der Waals surface area contributed by atoms with Crippen LogP contribution in [0.2, 0.25) is 0 Å². The van der Waals surface area contributed by atoms with Crippen molar-refractivity contribution in [2.24, 2.45) is 5.92 Å². The van der Waals surface area contributed by atoms with Gasteiger partial charge in [0.15, 0.2) is 6.10 Å². The molecule has 0 aromatic rings. The molecule has 0 N–H and O–H groups in total. The second kappa shape index (κ2) is 3.01. The van der Waals surface area contributed by atoms with Gasteiger partial charge in [0.2, 0.25) is 0 Å². The van der Waals surface area contributed by atoms with Crippen LogP contribution < -0.4 is 0 Å². The Bertz CT molecular complexity index is 133. The molecule has 3 heteroatoms. The van der Waals surface area contributed by atoms with Gasteiger partial charge < -0.3 is 9.47 Å². The summed E-state index contributed by atoms with van der Waals surface area (Å²) in [4.78, 5) is 10.9. The van der Waals surface area contributed by atoms with Gasteiger partial charge in [0.1, 0.15) is 0 Å². The van der Waals surface area contributed by atoms with E-state index in [1.54, 1.807) is 0 Å². The molecule has 0 bridgehead atoms. The summed E-state index contributed by atoms with van der Waals surface area (Å²) in [6, 6.07) is 0. The number of carbonyl (C=O) groups is 1. The van der Waals surface area contributed by atoms with E-state index in [4.69, 9.17) is 4.74 Å². The Kier molecular flexibility index (Phi) is 2.27. The Morgan fingerprint density at radius 1 is 1.70 bits per heavy atom. The highest BCUT2D eigenvalue weighted by atomic mass is 16.6. The first-order valence-electron chi connectivity index (χ1n) is 3.45. The van der Waals surface area contributed by atoms with Gasteiger partial charge in [-0.1, -0.05) is 6.92 Å². The quantitative estimate of drug-likeness (QED) is 0.505. The van der Waals surface area contributed by atoms with Crippen molar-refractivity contribution < 1.29 is 14.3 Å². The smallest absolute Gasteiger partial charge is 0.335 e. The van der Waals surface area contributed by atoms with Crippen LogP contribution in [-0.4, -0.2) is 25.8 Å². The molecule has 0 aromatic heterocycles. The molecule has 10 heavy (non-hydrogen) atoms. The summed E-state index contributed by atoms with van der Waals surface area (Å²) in [6.07, 6.45) is 0.643. The minimum atomic E-state index is -0.315. The number of ether oxygens (including phenoxy) is 2. The van der Waals surface area contributed by atoms with E-state index in [9.17, 15) is 4.79 Å². The predicted molar refractivity (Wildman–Crippen MR) is 35.5 cm³/mol. The third-order valence-electron chi connectivity index (χ3n) is 1.82. The van der Waals surface area contributed by atoms with Crippen molar-refractivity contribution in [3.05, 3.63) is 0 Å². The monoisotopic (exact) mass is 144 g/mol. The maximum Gasteiger partial charge on any atom is 0.335 e. The number of esters is 1. The summed E-state index contributed by atoms with van der Waals surface area (Å²) < 4.78 is 9.68. The van der Waals surface area contributed by atoms with Crippen molar-refractivity contribution in [2.45, 2.75) is 19.4 Å². The third-order valence-corrected chi connectivity index (χ3v) is 1.82. The van der Waals surface area contributed by atoms with E-state index in [0.717, 1.165) is 6.42 Å². The Labute approximate surface area is 60.3 Å². The molecule has 0 aliphatic carbocycles. The van der Waals surface area contributed by atoms with Gasteiger partial charge in [0, 0.05) is 6.61 Å². The van der Waals surface area contributed by atoms with Gasteiger partial charge in [-0.3, -0.25) is 0 Å². The van der Waals surface area contributed by atoms with Crippen LogP contribution in [0.3, 0.4) is 0 Å². The van der Waals surface area contributed by atoms with Gasteiger partial charge in [-0.15, -0.1) is 0 Å². The molecule has 1 saturated heterocycles. The molecule has 2 atom stereocenters. The lowest BCUT2D eigenvalue weighted by molar-refractivity contribution is -0.152. The highest BCUT2D eigenvalue weighted by molar-refractivity contribution is 5.75. The lowest BCUT2D eigenvalue weighted by atomic mass is 10.1. The van der Waals surface area contributed by atoms with E-state index >= 15 is 0 Å². The number of hydrogen-bond acceptors (Lipinski definition) is 3. The van der Waals surface area contributed by atoms with Crippen LogP contribution in [0.1, 0.15) is 13.3 Å². The molecule has 0 radical (unpaired) electrons. The van der Waals surface area contributed by atoms with E-state index in [1.165, 1.54) is 7.11 Å². The summed E-state index contributed by atoms with van der Waals surface area (Å²) in [5, 5.41) is 0. The van der Waals surface area contributed by atoms with Crippen LogP contribution in [0.15, 0.2) is 0 Å². The first kappa shape index (κ1) is 7.54. The summed E-state index contributed by atoms with van der Waals surface area (Å²) in [5.74, 6) is 0.0671. The zero-order valence-electron chi connectivity index (χ0n) is 6.29. The Morgan fingerprint density at radius 3 is 2.80 bits per heavy atom. The highest BCUT2D eigenvalue weighted by Gasteiger charge is 2.31. The first-order valence-corrected chi connectivity index (χ1v) is 3.45. The highest BCUT2D eigenvalue weighted by Crippen LogP contribution is 2.20. The first-order chi connectivity index (χ1) is 4.75. The molecule has 1 aliphatic heterocycles. The van der Waals surface area contributed by atoms with Crippen molar-refractivity contribution in [3.8, 4) is 0 Å². The average molecular weight is 144 g/mol. The van der Waals surface area contributed by atoms with Crippen LogP contribution in [0, 0.1) is 5.92 Å². The standard InChI is InChI=1S/C7H12O3/c1-5-3-4-10-6(5)7(8)9-2/h5-6H,3-4H2,1-2H3/t5-,6+/m0/s1. The van der Waals surface area contributed by atoms with Crippen molar-refractivity contribution >= 4 is 5.97 Å². The number of hydrogen-bond donors (Lipinski definition) is 0. The fraction of sp³-hybridized carbons (Fsp3) is 0.857. The molecule has 58 valence electrons. The molecule has 1 aliphatic rings. The van der Waals surface area contributed by atoms with Gasteiger partial charge in [-0.05, 0) is 12.3 Å². The zero-order valence-corrected chi connectivity index (χ0v) is 6.29. The molecule has 0 saturated carbocycles. The number of carbonyl (C=O) groups excluding carboxylic acids is 1. The second-order valence-electron chi connectivity index (χ2n) is 2.58. The fourth-order valence-corrected chi connectivity index (χ4v) is 1.11. The molecule has 0 unspecified atom stereocenters. The van der Waals surface area contributed by atoms with E-state index in [2.05, 4.69) is 4.74 Å². The molecule has 1 fully saturated rings. The second-order valence-corrected chi connectivity index (χ2v) is 2.58. The minimum absolute atomic E-state index is 0.245. The zero-order chi connectivity index (χ0) is 7.56. The Morgan fingerprint density at radius 2 is 2.40 bits per heavy atom. The number of rotatable bonds is 1. The van der Waals surface area contributed by atoms with Crippen LogP contribution in [0.25, 0.3) is 0 Å². The Hall–Kier alpha value is -0.570. The normalized spacial score (nSPS) is 32.2. The largest absolute Gasteiger partial charge is 0.467 e. The molecule has 0 amide bonds. The maximum absolute atomic E-state index is 10.9. The van der Waals surface area contributed by atoms with Crippen molar-refractivity contribution in [3.63, 3.8) is 0 Å². The minimum Gasteiger partial charge on any atom is -0.467 e. The van der Waals surface area contributed by atoms with Crippen LogP contribution in [0.5, 0.6) is 0 Å². The van der Waals surface area contributed by atoms with Crippen molar-refractivity contribution in [1.29, 1.82) is 0 Å². The molecule has 3 nitrogen and oxygen atoms in total. The van der Waals surface area contributed by atoms with Gasteiger partial charge in [-0.2, -0.15) is 0 Å². The van der Waals surface area contributed by atoms with E-state index in [0.29, 0.717) is 12.5 Å². The van der Waals surface area contributed by atoms with Gasteiger partial charge in [0.05, 0.1) is 7.11 Å². The van der Waals surface area contributed by atoms with Crippen LogP contribution in [-0.2, 0) is 14.3 Å². The fourth-order valence-electron chi connectivity index (χ4n) is 1.11.